The van der Waals surface area contributed by atoms with E-state index in [9.17, 15) is 10.2 Å². The summed E-state index contributed by atoms with van der Waals surface area (Å²) < 4.78 is 7.29. The minimum atomic E-state index is -0.965. The number of aliphatic hydroxyl groups excluding tert-OH is 2. The maximum Gasteiger partial charge on any atom is 0.196 e. The molecule has 4 N–H and O–H groups in total. The summed E-state index contributed by atoms with van der Waals surface area (Å²) in [4.78, 5) is 8.01. The zero-order chi connectivity index (χ0) is 13.6. The Hall–Kier alpha value is -1.77. The quantitative estimate of drug-likeness (QED) is 0.655. The van der Waals surface area contributed by atoms with E-state index in [1.54, 1.807) is 17.6 Å². The van der Waals surface area contributed by atoms with Crippen LogP contribution in [0, 0.1) is 0 Å². The Bertz CT molecular complexity index is 615. The number of nitrogens with two attached hydrogens (primary N) is 1. The van der Waals surface area contributed by atoms with Crippen molar-refractivity contribution in [2.75, 3.05) is 12.3 Å². The first-order valence-electron chi connectivity index (χ1n) is 5.96. The molecule has 0 bridgehead atoms. The molecule has 2 aromatic heterocycles. The van der Waals surface area contributed by atoms with E-state index in [1.807, 2.05) is 0 Å². The molecule has 8 heteroatoms. The zero-order valence-corrected chi connectivity index (χ0v) is 10.4. The number of anilines is 1. The van der Waals surface area contributed by atoms with Crippen molar-refractivity contribution in [1.82, 2.24) is 19.6 Å². The highest BCUT2D eigenvalue weighted by atomic mass is 16.5. The van der Waals surface area contributed by atoms with Crippen LogP contribution in [0.3, 0.4) is 0 Å². The summed E-state index contributed by atoms with van der Waals surface area (Å²) in [6.07, 6.45) is 2.17. The van der Waals surface area contributed by atoms with Crippen molar-refractivity contribution < 1.29 is 14.9 Å². The van der Waals surface area contributed by atoms with Crippen LogP contribution in [-0.4, -0.2) is 48.1 Å². The fraction of sp³-hybridized carbons (Fsp3) is 0.545. The molecule has 0 spiro atoms. The number of imidazole rings is 1. The molecule has 0 saturated carbocycles. The number of ether oxygens (including phenoxy) is 1. The van der Waals surface area contributed by atoms with Crippen LogP contribution in [0.15, 0.2) is 12.5 Å². The Balaban J connectivity index is 2.01. The van der Waals surface area contributed by atoms with Gasteiger partial charge in [0.1, 0.15) is 18.0 Å². The van der Waals surface area contributed by atoms with E-state index in [0.29, 0.717) is 17.8 Å². The second-order valence-corrected chi connectivity index (χ2v) is 4.89. The number of nitrogens with zero attached hydrogens (tertiary/aromatic N) is 4. The molecule has 1 aliphatic heterocycles. The van der Waals surface area contributed by atoms with Crippen molar-refractivity contribution in [2.45, 2.75) is 31.2 Å². The van der Waals surface area contributed by atoms with Crippen molar-refractivity contribution >= 4 is 11.5 Å². The minimum absolute atomic E-state index is 0.251. The normalized spacial score (nSPS) is 31.1. The van der Waals surface area contributed by atoms with E-state index >= 15 is 0 Å². The molecule has 1 saturated heterocycles. The number of hydrogen-bond acceptors (Lipinski definition) is 7. The van der Waals surface area contributed by atoms with Crippen LogP contribution in [0.1, 0.15) is 25.1 Å². The van der Waals surface area contributed by atoms with Gasteiger partial charge in [-0.1, -0.05) is 0 Å². The summed E-state index contributed by atoms with van der Waals surface area (Å²) in [6.45, 7) is 1.42. The highest BCUT2D eigenvalue weighted by Gasteiger charge is 2.45. The summed E-state index contributed by atoms with van der Waals surface area (Å²) in [5.41, 5.74) is 5.88. The van der Waals surface area contributed by atoms with E-state index < -0.39 is 17.8 Å². The van der Waals surface area contributed by atoms with Crippen LogP contribution >= 0.6 is 0 Å². The van der Waals surface area contributed by atoms with Gasteiger partial charge in [0.05, 0.1) is 24.6 Å². The number of hydrogen-bond donors (Lipinski definition) is 3. The third kappa shape index (κ3) is 1.76. The van der Waals surface area contributed by atoms with E-state index in [4.69, 9.17) is 10.5 Å². The molecule has 0 radical (unpaired) electrons. The fourth-order valence-corrected chi connectivity index (χ4v) is 2.30. The lowest BCUT2D eigenvalue weighted by molar-refractivity contribution is -0.100. The first kappa shape index (κ1) is 12.3. The molecule has 3 atom stereocenters. The lowest BCUT2D eigenvalue weighted by atomic mass is 9.99. The summed E-state index contributed by atoms with van der Waals surface area (Å²) in [6, 6.07) is 0. The molecule has 19 heavy (non-hydrogen) atoms. The van der Waals surface area contributed by atoms with E-state index in [1.165, 1.54) is 6.33 Å². The van der Waals surface area contributed by atoms with E-state index in [0.717, 1.165) is 0 Å². The van der Waals surface area contributed by atoms with Gasteiger partial charge in [0.25, 0.3) is 0 Å². The summed E-state index contributed by atoms with van der Waals surface area (Å²) in [5, 5.41) is 23.4. The van der Waals surface area contributed by atoms with Gasteiger partial charge in [0, 0.05) is 6.42 Å². The smallest absolute Gasteiger partial charge is 0.196 e. The molecular formula is C11H15N5O3. The summed E-state index contributed by atoms with van der Waals surface area (Å²) in [5.74, 6) is 0.282. The Labute approximate surface area is 108 Å². The lowest BCUT2D eigenvalue weighted by Gasteiger charge is -2.24. The van der Waals surface area contributed by atoms with Gasteiger partial charge in [-0.2, -0.15) is 5.10 Å². The van der Waals surface area contributed by atoms with Crippen molar-refractivity contribution in [3.63, 3.8) is 0 Å². The molecular weight excluding hydrogens is 250 g/mol. The molecule has 3 rings (SSSR count). The monoisotopic (exact) mass is 265 g/mol. The average molecular weight is 265 g/mol. The SMILES string of the molecule is CC1(CO)OC(c2cnc3c(N)ncnn23)CC1O. The van der Waals surface area contributed by atoms with Crippen LogP contribution in [0.5, 0.6) is 0 Å². The molecule has 0 aliphatic carbocycles. The topological polar surface area (TPSA) is 119 Å². The Morgan fingerprint density at radius 3 is 3.05 bits per heavy atom. The number of rotatable bonds is 2. The maximum absolute atomic E-state index is 9.97. The third-order valence-corrected chi connectivity index (χ3v) is 3.55. The van der Waals surface area contributed by atoms with Crippen LogP contribution in [0.4, 0.5) is 5.82 Å². The standard InChI is InChI=1S/C11H15N5O3/c1-11(4-17)8(18)2-7(19-11)6-3-13-10-9(12)14-5-15-16(6)10/h3,5,7-8,17-18H,2,4H2,1H3,(H2,12,14,15). The minimum Gasteiger partial charge on any atom is -0.393 e. The molecule has 8 nitrogen and oxygen atoms in total. The van der Waals surface area contributed by atoms with Crippen molar-refractivity contribution in [3.8, 4) is 0 Å². The Morgan fingerprint density at radius 2 is 2.37 bits per heavy atom. The van der Waals surface area contributed by atoms with Crippen LogP contribution in [-0.2, 0) is 4.74 Å². The molecule has 0 amide bonds. The van der Waals surface area contributed by atoms with Crippen molar-refractivity contribution in [3.05, 3.63) is 18.2 Å². The largest absolute Gasteiger partial charge is 0.393 e. The highest BCUT2D eigenvalue weighted by molar-refractivity contribution is 5.58. The Kier molecular flexibility index (Phi) is 2.66. The van der Waals surface area contributed by atoms with Crippen LogP contribution in [0.25, 0.3) is 5.65 Å². The summed E-state index contributed by atoms with van der Waals surface area (Å²) in [7, 11) is 0. The summed E-state index contributed by atoms with van der Waals surface area (Å²) >= 11 is 0. The van der Waals surface area contributed by atoms with Gasteiger partial charge in [0.2, 0.25) is 0 Å². The van der Waals surface area contributed by atoms with Crippen molar-refractivity contribution in [2.24, 2.45) is 0 Å². The molecule has 102 valence electrons. The second-order valence-electron chi connectivity index (χ2n) is 4.89. The fourth-order valence-electron chi connectivity index (χ4n) is 2.30. The van der Waals surface area contributed by atoms with Crippen molar-refractivity contribution in [1.29, 1.82) is 0 Å². The van der Waals surface area contributed by atoms with Gasteiger partial charge >= 0.3 is 0 Å². The second kappa shape index (κ2) is 4.12. The molecule has 3 heterocycles. The lowest BCUT2D eigenvalue weighted by Crippen LogP contribution is -2.39. The average Bonchev–Trinajstić information content (AvgIpc) is 2.94. The molecule has 2 aromatic rings. The number of aromatic nitrogens is 4. The van der Waals surface area contributed by atoms with Gasteiger partial charge in [0.15, 0.2) is 11.5 Å². The number of fused-ring (bicyclic) bond motifs is 1. The first-order chi connectivity index (χ1) is 9.05. The molecule has 0 aromatic carbocycles. The van der Waals surface area contributed by atoms with Crippen LogP contribution in [0.2, 0.25) is 0 Å². The van der Waals surface area contributed by atoms with Gasteiger partial charge in [-0.25, -0.2) is 14.5 Å². The zero-order valence-electron chi connectivity index (χ0n) is 10.4. The van der Waals surface area contributed by atoms with Gasteiger partial charge in [-0.05, 0) is 6.92 Å². The maximum atomic E-state index is 9.97. The third-order valence-electron chi connectivity index (χ3n) is 3.55. The van der Waals surface area contributed by atoms with Gasteiger partial charge in [-0.15, -0.1) is 0 Å². The number of nitrogen functional groups attached to an aromatic ring is 1. The predicted octanol–water partition coefficient (Wildman–Crippen LogP) is -0.720. The van der Waals surface area contributed by atoms with E-state index in [2.05, 4.69) is 15.1 Å². The van der Waals surface area contributed by atoms with Crippen LogP contribution < -0.4 is 5.73 Å². The number of aliphatic hydroxyl groups is 2. The molecule has 3 unspecified atom stereocenters. The molecule has 1 fully saturated rings. The first-order valence-corrected chi connectivity index (χ1v) is 5.96. The predicted molar refractivity (Wildman–Crippen MR) is 65.1 cm³/mol. The van der Waals surface area contributed by atoms with Gasteiger partial charge in [-0.3, -0.25) is 0 Å². The molecule has 1 aliphatic rings. The Morgan fingerprint density at radius 1 is 1.58 bits per heavy atom. The highest BCUT2D eigenvalue weighted by Crippen LogP contribution is 2.39. The van der Waals surface area contributed by atoms with Gasteiger partial charge < -0.3 is 20.7 Å². The van der Waals surface area contributed by atoms with E-state index in [-0.39, 0.29) is 12.4 Å².